The minimum atomic E-state index is -0.585. The van der Waals surface area contributed by atoms with E-state index in [0.717, 1.165) is 12.1 Å². The van der Waals surface area contributed by atoms with E-state index < -0.39 is 5.97 Å². The van der Waals surface area contributed by atoms with Crippen LogP contribution in [0.5, 0.6) is 11.5 Å². The summed E-state index contributed by atoms with van der Waals surface area (Å²) in [5.41, 5.74) is 1.01. The van der Waals surface area contributed by atoms with Crippen LogP contribution in [0.25, 0.3) is 0 Å². The quantitative estimate of drug-likeness (QED) is 0.567. The van der Waals surface area contributed by atoms with Gasteiger partial charge in [-0.3, -0.25) is 9.59 Å². The second-order valence-electron chi connectivity index (χ2n) is 6.61. The van der Waals surface area contributed by atoms with Crippen LogP contribution in [0, 0.1) is 0 Å². The Hall–Kier alpha value is -3.35. The molecule has 2 aromatic carbocycles. The molecule has 1 aliphatic rings. The standard InChI is InChI=1S/C21H22N2O5/c1-22(2)20(25)14-27-18-7-4-3-6-17(18)21(26)28-16-11-9-15(10-12-16)23-13-5-8-19(23)24/h3-4,6-7,9-12H,5,8,13-14H2,1-2H3. The highest BCUT2D eigenvalue weighted by molar-refractivity contribution is 5.96. The van der Waals surface area contributed by atoms with E-state index in [-0.39, 0.29) is 29.7 Å². The maximum atomic E-state index is 12.5. The molecular formula is C21H22N2O5. The van der Waals surface area contributed by atoms with Crippen molar-refractivity contribution in [3.8, 4) is 11.5 Å². The summed E-state index contributed by atoms with van der Waals surface area (Å²) in [5, 5.41) is 0. The minimum absolute atomic E-state index is 0.100. The van der Waals surface area contributed by atoms with Crippen molar-refractivity contribution in [2.75, 3.05) is 32.1 Å². The lowest BCUT2D eigenvalue weighted by molar-refractivity contribution is -0.130. The molecule has 1 heterocycles. The normalized spacial score (nSPS) is 13.4. The van der Waals surface area contributed by atoms with Crippen LogP contribution in [0.3, 0.4) is 0 Å². The zero-order chi connectivity index (χ0) is 20.1. The number of nitrogens with zero attached hydrogens (tertiary/aromatic N) is 2. The van der Waals surface area contributed by atoms with Gasteiger partial charge in [-0.2, -0.15) is 0 Å². The molecular weight excluding hydrogens is 360 g/mol. The van der Waals surface area contributed by atoms with E-state index in [9.17, 15) is 14.4 Å². The van der Waals surface area contributed by atoms with Crippen molar-refractivity contribution < 1.29 is 23.9 Å². The highest BCUT2D eigenvalue weighted by atomic mass is 16.5. The maximum Gasteiger partial charge on any atom is 0.347 e. The lowest BCUT2D eigenvalue weighted by Gasteiger charge is -2.16. The van der Waals surface area contributed by atoms with Gasteiger partial charge >= 0.3 is 5.97 Å². The number of hydrogen-bond acceptors (Lipinski definition) is 5. The molecule has 0 atom stereocenters. The summed E-state index contributed by atoms with van der Waals surface area (Å²) in [6.07, 6.45) is 1.41. The van der Waals surface area contributed by atoms with Crippen LogP contribution in [-0.2, 0) is 9.59 Å². The van der Waals surface area contributed by atoms with Crippen LogP contribution in [0.1, 0.15) is 23.2 Å². The van der Waals surface area contributed by atoms with Gasteiger partial charge in [0.1, 0.15) is 17.1 Å². The molecule has 0 N–H and O–H groups in total. The van der Waals surface area contributed by atoms with Crippen molar-refractivity contribution in [2.24, 2.45) is 0 Å². The third kappa shape index (κ3) is 4.49. The van der Waals surface area contributed by atoms with Crippen LogP contribution in [0.2, 0.25) is 0 Å². The van der Waals surface area contributed by atoms with Gasteiger partial charge in [-0.05, 0) is 42.8 Å². The largest absolute Gasteiger partial charge is 0.483 e. The molecule has 2 aromatic rings. The number of likely N-dealkylation sites (N-methyl/N-ethyl adjacent to an activating group) is 1. The highest BCUT2D eigenvalue weighted by Gasteiger charge is 2.22. The lowest BCUT2D eigenvalue weighted by atomic mass is 10.2. The Morgan fingerprint density at radius 2 is 1.79 bits per heavy atom. The van der Waals surface area contributed by atoms with E-state index >= 15 is 0 Å². The Labute approximate surface area is 163 Å². The number of para-hydroxylation sites is 1. The Morgan fingerprint density at radius 3 is 2.43 bits per heavy atom. The van der Waals surface area contributed by atoms with Crippen molar-refractivity contribution >= 4 is 23.5 Å². The van der Waals surface area contributed by atoms with Crippen molar-refractivity contribution in [2.45, 2.75) is 12.8 Å². The Balaban J connectivity index is 1.68. The lowest BCUT2D eigenvalue weighted by Crippen LogP contribution is -2.28. The summed E-state index contributed by atoms with van der Waals surface area (Å²) >= 11 is 0. The van der Waals surface area contributed by atoms with Gasteiger partial charge in [0.05, 0.1) is 0 Å². The van der Waals surface area contributed by atoms with Gasteiger partial charge in [0.15, 0.2) is 6.61 Å². The van der Waals surface area contributed by atoms with Crippen LogP contribution < -0.4 is 14.4 Å². The number of ether oxygens (including phenoxy) is 2. The van der Waals surface area contributed by atoms with Crippen molar-refractivity contribution in [1.29, 1.82) is 0 Å². The second-order valence-corrected chi connectivity index (χ2v) is 6.61. The molecule has 0 radical (unpaired) electrons. The van der Waals surface area contributed by atoms with Gasteiger partial charge in [0, 0.05) is 32.7 Å². The topological polar surface area (TPSA) is 76.2 Å². The Kier molecular flexibility index (Phi) is 5.93. The smallest absolute Gasteiger partial charge is 0.347 e. The van der Waals surface area contributed by atoms with Crippen molar-refractivity contribution in [3.05, 3.63) is 54.1 Å². The molecule has 0 aliphatic carbocycles. The summed E-state index contributed by atoms with van der Waals surface area (Å²) in [7, 11) is 3.26. The molecule has 0 bridgehead atoms. The fourth-order valence-electron chi connectivity index (χ4n) is 2.81. The average Bonchev–Trinajstić information content (AvgIpc) is 3.12. The molecule has 0 aromatic heterocycles. The summed E-state index contributed by atoms with van der Waals surface area (Å²) < 4.78 is 10.9. The third-order valence-electron chi connectivity index (χ3n) is 4.39. The summed E-state index contributed by atoms with van der Waals surface area (Å²) in [6, 6.07) is 13.4. The fourth-order valence-corrected chi connectivity index (χ4v) is 2.81. The first kappa shape index (κ1) is 19.4. The number of carbonyl (C=O) groups is 3. The molecule has 1 fully saturated rings. The number of hydrogen-bond donors (Lipinski definition) is 0. The zero-order valence-electron chi connectivity index (χ0n) is 15.9. The number of anilines is 1. The number of rotatable bonds is 6. The van der Waals surface area contributed by atoms with Crippen molar-refractivity contribution in [3.63, 3.8) is 0 Å². The SMILES string of the molecule is CN(C)C(=O)COc1ccccc1C(=O)Oc1ccc(N2CCCC2=O)cc1. The molecule has 28 heavy (non-hydrogen) atoms. The van der Waals surface area contributed by atoms with E-state index in [1.165, 1.54) is 4.90 Å². The summed E-state index contributed by atoms with van der Waals surface area (Å²) in [4.78, 5) is 39.2. The van der Waals surface area contributed by atoms with E-state index in [1.54, 1.807) is 67.5 Å². The first-order valence-electron chi connectivity index (χ1n) is 9.00. The van der Waals surface area contributed by atoms with E-state index in [0.29, 0.717) is 18.7 Å². The fraction of sp³-hybridized carbons (Fsp3) is 0.286. The zero-order valence-corrected chi connectivity index (χ0v) is 15.9. The van der Waals surface area contributed by atoms with Crippen molar-refractivity contribution in [1.82, 2.24) is 4.90 Å². The molecule has 7 heteroatoms. The van der Waals surface area contributed by atoms with E-state index in [1.807, 2.05) is 0 Å². The van der Waals surface area contributed by atoms with Gasteiger partial charge < -0.3 is 19.3 Å². The van der Waals surface area contributed by atoms with Gasteiger partial charge in [-0.25, -0.2) is 4.79 Å². The number of amides is 2. The summed E-state index contributed by atoms with van der Waals surface area (Å²) in [5.74, 6) is -0.0576. The Morgan fingerprint density at radius 1 is 1.07 bits per heavy atom. The van der Waals surface area contributed by atoms with Crippen LogP contribution in [0.15, 0.2) is 48.5 Å². The molecule has 0 spiro atoms. The van der Waals surface area contributed by atoms with E-state index in [2.05, 4.69) is 0 Å². The molecule has 1 aliphatic heterocycles. The average molecular weight is 382 g/mol. The first-order chi connectivity index (χ1) is 13.5. The maximum absolute atomic E-state index is 12.5. The Bertz CT molecular complexity index is 877. The molecule has 2 amide bonds. The summed E-state index contributed by atoms with van der Waals surface area (Å²) in [6.45, 7) is 0.532. The van der Waals surface area contributed by atoms with Gasteiger partial charge in [0.25, 0.3) is 5.91 Å². The van der Waals surface area contributed by atoms with Crippen LogP contribution in [-0.4, -0.2) is 49.9 Å². The predicted octanol–water partition coefficient (Wildman–Crippen LogP) is 2.50. The first-order valence-corrected chi connectivity index (χ1v) is 9.00. The molecule has 0 unspecified atom stereocenters. The molecule has 146 valence electrons. The predicted molar refractivity (Wildman–Crippen MR) is 104 cm³/mol. The van der Waals surface area contributed by atoms with Crippen LogP contribution in [0.4, 0.5) is 5.69 Å². The number of esters is 1. The number of carbonyl (C=O) groups excluding carboxylic acids is 3. The highest BCUT2D eigenvalue weighted by Crippen LogP contribution is 2.25. The minimum Gasteiger partial charge on any atom is -0.483 e. The van der Waals surface area contributed by atoms with Crippen LogP contribution >= 0.6 is 0 Å². The monoisotopic (exact) mass is 382 g/mol. The third-order valence-corrected chi connectivity index (χ3v) is 4.39. The van der Waals surface area contributed by atoms with Gasteiger partial charge in [0.2, 0.25) is 5.91 Å². The van der Waals surface area contributed by atoms with E-state index in [4.69, 9.17) is 9.47 Å². The van der Waals surface area contributed by atoms with Gasteiger partial charge in [-0.15, -0.1) is 0 Å². The molecule has 3 rings (SSSR count). The molecule has 7 nitrogen and oxygen atoms in total. The van der Waals surface area contributed by atoms with Gasteiger partial charge in [-0.1, -0.05) is 12.1 Å². The second kappa shape index (κ2) is 8.56. The molecule has 0 saturated carbocycles. The number of benzene rings is 2. The molecule has 1 saturated heterocycles.